The second-order valence-electron chi connectivity index (χ2n) is 4.41. The van der Waals surface area contributed by atoms with Gasteiger partial charge in [-0.3, -0.25) is 9.59 Å². The van der Waals surface area contributed by atoms with E-state index in [-0.39, 0.29) is 5.91 Å². The average Bonchev–Trinajstić information content (AvgIpc) is 2.42. The molecule has 0 aliphatic heterocycles. The van der Waals surface area contributed by atoms with Crippen LogP contribution in [0.15, 0.2) is 18.2 Å². The van der Waals surface area contributed by atoms with Gasteiger partial charge in [0.15, 0.2) is 0 Å². The Morgan fingerprint density at radius 2 is 1.90 bits per heavy atom. The average molecular weight is 278 g/mol. The van der Waals surface area contributed by atoms with Crippen LogP contribution in [0.5, 0.6) is 0 Å². The van der Waals surface area contributed by atoms with Crippen LogP contribution in [0, 0.1) is 0 Å². The molecular formula is C14H22N4O2. The van der Waals surface area contributed by atoms with Crippen molar-refractivity contribution in [1.29, 1.82) is 0 Å². The maximum Gasteiger partial charge on any atom is 0.248 e. The molecule has 20 heavy (non-hydrogen) atoms. The molecule has 0 heterocycles. The van der Waals surface area contributed by atoms with Gasteiger partial charge in [-0.1, -0.05) is 0 Å². The van der Waals surface area contributed by atoms with Crippen LogP contribution in [0.2, 0.25) is 0 Å². The zero-order chi connectivity index (χ0) is 15.1. The monoisotopic (exact) mass is 278 g/mol. The minimum Gasteiger partial charge on any atom is -0.397 e. The number of amides is 2. The number of carbonyl (C=O) groups excluding carboxylic acids is 2. The predicted octanol–water partition coefficient (Wildman–Crippen LogP) is 1.04. The van der Waals surface area contributed by atoms with Crippen molar-refractivity contribution in [2.24, 2.45) is 5.73 Å². The summed E-state index contributed by atoms with van der Waals surface area (Å²) in [7, 11) is 0. The first-order chi connectivity index (χ1) is 9.49. The van der Waals surface area contributed by atoms with E-state index in [1.54, 1.807) is 23.1 Å². The molecule has 0 fully saturated rings. The van der Waals surface area contributed by atoms with Crippen LogP contribution >= 0.6 is 0 Å². The zero-order valence-electron chi connectivity index (χ0n) is 12.0. The maximum atomic E-state index is 11.8. The molecule has 0 saturated heterocycles. The molecule has 1 aromatic rings. The van der Waals surface area contributed by atoms with Crippen molar-refractivity contribution in [3.63, 3.8) is 0 Å². The molecule has 110 valence electrons. The van der Waals surface area contributed by atoms with Gasteiger partial charge in [0.05, 0.1) is 11.4 Å². The lowest BCUT2D eigenvalue weighted by molar-refractivity contribution is -0.130. The lowest BCUT2D eigenvalue weighted by Crippen LogP contribution is -2.31. The molecule has 1 rings (SSSR count). The van der Waals surface area contributed by atoms with Gasteiger partial charge in [-0.15, -0.1) is 0 Å². The number of primary amides is 1. The molecule has 0 bridgehead atoms. The molecule has 0 saturated carbocycles. The van der Waals surface area contributed by atoms with Crippen molar-refractivity contribution >= 4 is 23.2 Å². The van der Waals surface area contributed by atoms with Crippen LogP contribution in [-0.2, 0) is 4.79 Å². The van der Waals surface area contributed by atoms with Crippen molar-refractivity contribution in [3.05, 3.63) is 23.8 Å². The number of anilines is 2. The number of benzene rings is 1. The van der Waals surface area contributed by atoms with E-state index in [9.17, 15) is 9.59 Å². The van der Waals surface area contributed by atoms with Crippen LogP contribution in [0.3, 0.4) is 0 Å². The van der Waals surface area contributed by atoms with Crippen LogP contribution < -0.4 is 16.8 Å². The number of nitrogens with one attached hydrogen (secondary N) is 1. The van der Waals surface area contributed by atoms with Crippen LogP contribution in [0.1, 0.15) is 30.6 Å². The van der Waals surface area contributed by atoms with Gasteiger partial charge in [-0.05, 0) is 32.0 Å². The third-order valence-electron chi connectivity index (χ3n) is 3.11. The smallest absolute Gasteiger partial charge is 0.248 e. The summed E-state index contributed by atoms with van der Waals surface area (Å²) >= 11 is 0. The number of carbonyl (C=O) groups is 2. The summed E-state index contributed by atoms with van der Waals surface area (Å²) in [6.45, 7) is 5.76. The Hall–Kier alpha value is -2.24. The van der Waals surface area contributed by atoms with E-state index in [4.69, 9.17) is 11.5 Å². The molecule has 0 aliphatic rings. The third kappa shape index (κ3) is 4.15. The van der Waals surface area contributed by atoms with E-state index in [2.05, 4.69) is 5.32 Å². The van der Waals surface area contributed by atoms with E-state index in [0.717, 1.165) is 0 Å². The van der Waals surface area contributed by atoms with Crippen LogP contribution in [-0.4, -0.2) is 36.3 Å². The summed E-state index contributed by atoms with van der Waals surface area (Å²) in [5, 5.41) is 3.06. The molecule has 0 radical (unpaired) electrons. The highest BCUT2D eigenvalue weighted by atomic mass is 16.2. The molecule has 0 aromatic heterocycles. The topological polar surface area (TPSA) is 101 Å². The molecule has 0 atom stereocenters. The molecular weight excluding hydrogens is 256 g/mol. The van der Waals surface area contributed by atoms with Crippen LogP contribution in [0.4, 0.5) is 11.4 Å². The highest BCUT2D eigenvalue weighted by molar-refractivity contribution is 5.95. The standard InChI is InChI=1S/C14H22N4O2/c1-3-18(4-2)13(19)7-8-17-12-9-10(14(16)20)5-6-11(12)15/h5-6,9,17H,3-4,7-8,15H2,1-2H3,(H2,16,20). The second kappa shape index (κ2) is 7.37. The number of rotatable bonds is 7. The molecule has 0 unspecified atom stereocenters. The molecule has 6 heteroatoms. The Bertz CT molecular complexity index is 484. The molecule has 0 spiro atoms. The summed E-state index contributed by atoms with van der Waals surface area (Å²) in [5.41, 5.74) is 12.5. The molecule has 0 aliphatic carbocycles. The first-order valence-corrected chi connectivity index (χ1v) is 6.70. The van der Waals surface area contributed by atoms with Crippen molar-refractivity contribution in [3.8, 4) is 0 Å². The van der Waals surface area contributed by atoms with Crippen molar-refractivity contribution < 1.29 is 9.59 Å². The Labute approximate surface area is 119 Å². The van der Waals surface area contributed by atoms with Crippen molar-refractivity contribution in [1.82, 2.24) is 4.90 Å². The molecule has 5 N–H and O–H groups in total. The second-order valence-corrected chi connectivity index (χ2v) is 4.41. The van der Waals surface area contributed by atoms with E-state index in [1.807, 2.05) is 13.8 Å². The van der Waals surface area contributed by atoms with E-state index in [0.29, 0.717) is 43.0 Å². The van der Waals surface area contributed by atoms with Crippen LogP contribution in [0.25, 0.3) is 0 Å². The minimum absolute atomic E-state index is 0.0899. The Kier molecular flexibility index (Phi) is 5.83. The van der Waals surface area contributed by atoms with Gasteiger partial charge in [-0.25, -0.2) is 0 Å². The Morgan fingerprint density at radius 1 is 1.25 bits per heavy atom. The largest absolute Gasteiger partial charge is 0.397 e. The van der Waals surface area contributed by atoms with Crippen molar-refractivity contribution in [2.45, 2.75) is 20.3 Å². The van der Waals surface area contributed by atoms with Crippen molar-refractivity contribution in [2.75, 3.05) is 30.7 Å². The fraction of sp³-hybridized carbons (Fsp3) is 0.429. The maximum absolute atomic E-state index is 11.8. The highest BCUT2D eigenvalue weighted by Gasteiger charge is 2.09. The summed E-state index contributed by atoms with van der Waals surface area (Å²) in [5.74, 6) is -0.417. The summed E-state index contributed by atoms with van der Waals surface area (Å²) in [6, 6.07) is 4.79. The zero-order valence-corrected chi connectivity index (χ0v) is 12.0. The Morgan fingerprint density at radius 3 is 2.45 bits per heavy atom. The normalized spacial score (nSPS) is 10.1. The highest BCUT2D eigenvalue weighted by Crippen LogP contribution is 2.19. The van der Waals surface area contributed by atoms with Gasteiger partial charge < -0.3 is 21.7 Å². The van der Waals surface area contributed by atoms with E-state index in [1.165, 1.54) is 0 Å². The number of nitrogens with two attached hydrogens (primary N) is 2. The predicted molar refractivity (Wildman–Crippen MR) is 80.4 cm³/mol. The summed E-state index contributed by atoms with van der Waals surface area (Å²) < 4.78 is 0. The van der Waals surface area contributed by atoms with Gasteiger partial charge in [0.2, 0.25) is 11.8 Å². The first-order valence-electron chi connectivity index (χ1n) is 6.70. The fourth-order valence-corrected chi connectivity index (χ4v) is 1.90. The van der Waals surface area contributed by atoms with E-state index < -0.39 is 5.91 Å². The van der Waals surface area contributed by atoms with Gasteiger partial charge in [0.1, 0.15) is 0 Å². The number of hydrogen-bond acceptors (Lipinski definition) is 4. The molecule has 1 aromatic carbocycles. The molecule has 6 nitrogen and oxygen atoms in total. The molecule has 2 amide bonds. The number of nitrogens with zero attached hydrogens (tertiary/aromatic N) is 1. The minimum atomic E-state index is -0.507. The first kappa shape index (κ1) is 15.8. The third-order valence-corrected chi connectivity index (χ3v) is 3.11. The number of hydrogen-bond donors (Lipinski definition) is 3. The summed E-state index contributed by atoms with van der Waals surface area (Å²) in [4.78, 5) is 24.7. The van der Waals surface area contributed by atoms with Gasteiger partial charge in [-0.2, -0.15) is 0 Å². The quantitative estimate of drug-likeness (QED) is 0.648. The lowest BCUT2D eigenvalue weighted by atomic mass is 10.1. The van der Waals surface area contributed by atoms with Gasteiger partial charge in [0.25, 0.3) is 0 Å². The Balaban J connectivity index is 2.60. The van der Waals surface area contributed by atoms with Gasteiger partial charge in [0, 0.05) is 31.6 Å². The SMILES string of the molecule is CCN(CC)C(=O)CCNc1cc(C(N)=O)ccc1N. The lowest BCUT2D eigenvalue weighted by Gasteiger charge is -2.19. The van der Waals surface area contributed by atoms with Gasteiger partial charge >= 0.3 is 0 Å². The number of nitrogen functional groups attached to an aromatic ring is 1. The fourth-order valence-electron chi connectivity index (χ4n) is 1.90. The van der Waals surface area contributed by atoms with E-state index >= 15 is 0 Å². The summed E-state index contributed by atoms with van der Waals surface area (Å²) in [6.07, 6.45) is 0.377.